The first kappa shape index (κ1) is 14.0. The Bertz CT molecular complexity index is 458. The van der Waals surface area contributed by atoms with Crippen molar-refractivity contribution in [2.24, 2.45) is 5.73 Å². The maximum atomic E-state index is 12.3. The highest BCUT2D eigenvalue weighted by Crippen LogP contribution is 2.32. The van der Waals surface area contributed by atoms with E-state index in [0.717, 1.165) is 24.0 Å². The molecule has 2 heterocycles. The molecule has 1 aromatic heterocycles. The second-order valence-corrected chi connectivity index (χ2v) is 5.63. The van der Waals surface area contributed by atoms with Gasteiger partial charge in [-0.2, -0.15) is 0 Å². The molecule has 1 aromatic rings. The summed E-state index contributed by atoms with van der Waals surface area (Å²) in [5.41, 5.74) is 8.58. The van der Waals surface area contributed by atoms with E-state index in [2.05, 4.69) is 25.8 Å². The highest BCUT2D eigenvalue weighted by atomic mass is 16.2. The molecule has 0 bridgehead atoms. The van der Waals surface area contributed by atoms with Gasteiger partial charge < -0.3 is 10.6 Å². The smallest absolute Gasteiger partial charge is 0.223 e. The minimum Gasteiger partial charge on any atom is -0.332 e. The molecular weight excluding hydrogens is 238 g/mol. The molecule has 2 rings (SSSR count). The van der Waals surface area contributed by atoms with Crippen molar-refractivity contribution in [2.75, 3.05) is 0 Å². The van der Waals surface area contributed by atoms with Gasteiger partial charge in [0.2, 0.25) is 5.91 Å². The van der Waals surface area contributed by atoms with Crippen LogP contribution in [0.4, 0.5) is 0 Å². The largest absolute Gasteiger partial charge is 0.332 e. The third kappa shape index (κ3) is 2.78. The van der Waals surface area contributed by atoms with Crippen molar-refractivity contribution < 1.29 is 4.79 Å². The highest BCUT2D eigenvalue weighted by molar-refractivity contribution is 5.77. The number of aromatic nitrogens is 1. The van der Waals surface area contributed by atoms with Gasteiger partial charge in [-0.1, -0.05) is 0 Å². The number of aryl methyl sites for hydroxylation is 1. The molecule has 1 amide bonds. The van der Waals surface area contributed by atoms with Gasteiger partial charge in [0.1, 0.15) is 0 Å². The van der Waals surface area contributed by atoms with Crippen LogP contribution in [-0.2, 0) is 4.79 Å². The summed E-state index contributed by atoms with van der Waals surface area (Å²) >= 11 is 0. The van der Waals surface area contributed by atoms with Crippen LogP contribution in [0, 0.1) is 6.92 Å². The Morgan fingerprint density at radius 3 is 2.84 bits per heavy atom. The fourth-order valence-corrected chi connectivity index (χ4v) is 2.91. The number of amides is 1. The van der Waals surface area contributed by atoms with E-state index in [1.165, 1.54) is 0 Å². The standard InChI is InChI=1S/C15H23N3O/c1-10(2)18-14(19)6-4-5-13(16)15(18)12-9-17-8-7-11(12)3/h7-10,13,15H,4-6,16H2,1-3H3. The Hall–Kier alpha value is -1.42. The predicted molar refractivity (Wildman–Crippen MR) is 75.5 cm³/mol. The van der Waals surface area contributed by atoms with Crippen LogP contribution in [0.3, 0.4) is 0 Å². The molecule has 0 radical (unpaired) electrons. The summed E-state index contributed by atoms with van der Waals surface area (Å²) in [7, 11) is 0. The summed E-state index contributed by atoms with van der Waals surface area (Å²) < 4.78 is 0. The van der Waals surface area contributed by atoms with E-state index in [1.807, 2.05) is 17.2 Å². The van der Waals surface area contributed by atoms with Gasteiger partial charge in [-0.25, -0.2) is 0 Å². The molecule has 0 aromatic carbocycles. The van der Waals surface area contributed by atoms with Crippen LogP contribution in [-0.4, -0.2) is 27.9 Å². The van der Waals surface area contributed by atoms with Crippen molar-refractivity contribution >= 4 is 5.91 Å². The van der Waals surface area contributed by atoms with E-state index < -0.39 is 0 Å². The lowest BCUT2D eigenvalue weighted by atomic mass is 9.94. The molecule has 1 aliphatic rings. The SMILES string of the molecule is Cc1ccncc1C1C(N)CCCC(=O)N1C(C)C. The topological polar surface area (TPSA) is 59.2 Å². The summed E-state index contributed by atoms with van der Waals surface area (Å²) in [5, 5.41) is 0. The maximum Gasteiger partial charge on any atom is 0.223 e. The zero-order valence-electron chi connectivity index (χ0n) is 12.0. The molecule has 2 unspecified atom stereocenters. The number of rotatable bonds is 2. The average Bonchev–Trinajstić information content (AvgIpc) is 2.49. The summed E-state index contributed by atoms with van der Waals surface area (Å²) in [5.74, 6) is 0.205. The van der Waals surface area contributed by atoms with E-state index in [-0.39, 0.29) is 24.0 Å². The van der Waals surface area contributed by atoms with Gasteiger partial charge in [-0.05, 0) is 50.8 Å². The van der Waals surface area contributed by atoms with Gasteiger partial charge in [0.05, 0.1) is 6.04 Å². The fraction of sp³-hybridized carbons (Fsp3) is 0.600. The van der Waals surface area contributed by atoms with Crippen LogP contribution in [0.1, 0.15) is 50.3 Å². The maximum absolute atomic E-state index is 12.3. The van der Waals surface area contributed by atoms with Gasteiger partial charge in [-0.15, -0.1) is 0 Å². The van der Waals surface area contributed by atoms with E-state index in [1.54, 1.807) is 6.20 Å². The fourth-order valence-electron chi connectivity index (χ4n) is 2.91. The number of hydrogen-bond acceptors (Lipinski definition) is 3. The van der Waals surface area contributed by atoms with Crippen molar-refractivity contribution in [3.05, 3.63) is 29.6 Å². The van der Waals surface area contributed by atoms with Crippen LogP contribution in [0.25, 0.3) is 0 Å². The number of carbonyl (C=O) groups is 1. The first-order chi connectivity index (χ1) is 9.02. The number of nitrogens with zero attached hydrogens (tertiary/aromatic N) is 2. The molecule has 0 spiro atoms. The molecule has 2 atom stereocenters. The molecule has 2 N–H and O–H groups in total. The normalized spacial score (nSPS) is 24.7. The zero-order chi connectivity index (χ0) is 14.0. The molecular formula is C15H23N3O. The first-order valence-electron chi connectivity index (χ1n) is 6.99. The van der Waals surface area contributed by atoms with E-state index in [9.17, 15) is 4.79 Å². The molecule has 1 fully saturated rings. The number of hydrogen-bond donors (Lipinski definition) is 1. The van der Waals surface area contributed by atoms with Crippen molar-refractivity contribution in [1.82, 2.24) is 9.88 Å². The van der Waals surface area contributed by atoms with Crippen molar-refractivity contribution in [2.45, 2.75) is 58.2 Å². The number of nitrogens with two attached hydrogens (primary N) is 1. The quantitative estimate of drug-likeness (QED) is 0.887. The van der Waals surface area contributed by atoms with E-state index in [0.29, 0.717) is 6.42 Å². The number of likely N-dealkylation sites (tertiary alicyclic amines) is 1. The van der Waals surface area contributed by atoms with Crippen molar-refractivity contribution in [1.29, 1.82) is 0 Å². The Morgan fingerprint density at radius 2 is 2.21 bits per heavy atom. The molecule has 1 saturated heterocycles. The summed E-state index contributed by atoms with van der Waals surface area (Å²) in [6.45, 7) is 6.15. The second-order valence-electron chi connectivity index (χ2n) is 5.63. The monoisotopic (exact) mass is 261 g/mol. The first-order valence-corrected chi connectivity index (χ1v) is 6.99. The van der Waals surface area contributed by atoms with Crippen LogP contribution in [0.5, 0.6) is 0 Å². The van der Waals surface area contributed by atoms with E-state index >= 15 is 0 Å². The Labute approximate surface area is 115 Å². The third-order valence-electron chi connectivity index (χ3n) is 3.88. The van der Waals surface area contributed by atoms with Gasteiger partial charge >= 0.3 is 0 Å². The Kier molecular flexibility index (Phi) is 4.20. The Balaban J connectivity index is 2.47. The lowest BCUT2D eigenvalue weighted by Crippen LogP contribution is -2.46. The van der Waals surface area contributed by atoms with Crippen molar-refractivity contribution in [3.8, 4) is 0 Å². The third-order valence-corrected chi connectivity index (χ3v) is 3.88. The Morgan fingerprint density at radius 1 is 1.47 bits per heavy atom. The predicted octanol–water partition coefficient (Wildman–Crippen LogP) is 2.18. The highest BCUT2D eigenvalue weighted by Gasteiger charge is 2.35. The summed E-state index contributed by atoms with van der Waals surface area (Å²) in [6, 6.07) is 2.07. The molecule has 1 aliphatic heterocycles. The molecule has 4 heteroatoms. The molecule has 0 saturated carbocycles. The lowest BCUT2D eigenvalue weighted by molar-refractivity contribution is -0.135. The van der Waals surface area contributed by atoms with Gasteiger partial charge in [0, 0.05) is 30.9 Å². The molecule has 0 aliphatic carbocycles. The van der Waals surface area contributed by atoms with E-state index in [4.69, 9.17) is 5.73 Å². The molecule has 4 nitrogen and oxygen atoms in total. The summed E-state index contributed by atoms with van der Waals surface area (Å²) in [4.78, 5) is 18.5. The summed E-state index contributed by atoms with van der Waals surface area (Å²) in [6.07, 6.45) is 5.99. The van der Waals surface area contributed by atoms with Crippen LogP contribution in [0.2, 0.25) is 0 Å². The van der Waals surface area contributed by atoms with Crippen LogP contribution < -0.4 is 5.73 Å². The number of carbonyl (C=O) groups excluding carboxylic acids is 1. The minimum absolute atomic E-state index is 0.0169. The van der Waals surface area contributed by atoms with Gasteiger partial charge in [0.15, 0.2) is 0 Å². The molecule has 104 valence electrons. The number of pyridine rings is 1. The lowest BCUT2D eigenvalue weighted by Gasteiger charge is -2.37. The van der Waals surface area contributed by atoms with Crippen LogP contribution >= 0.6 is 0 Å². The van der Waals surface area contributed by atoms with Crippen LogP contribution in [0.15, 0.2) is 18.5 Å². The minimum atomic E-state index is -0.0521. The average molecular weight is 261 g/mol. The van der Waals surface area contributed by atoms with Gasteiger partial charge in [-0.3, -0.25) is 9.78 Å². The zero-order valence-corrected chi connectivity index (χ0v) is 12.0. The molecule has 19 heavy (non-hydrogen) atoms. The van der Waals surface area contributed by atoms with Crippen molar-refractivity contribution in [3.63, 3.8) is 0 Å². The second kappa shape index (κ2) is 5.70. The van der Waals surface area contributed by atoms with Gasteiger partial charge in [0.25, 0.3) is 0 Å².